The van der Waals surface area contributed by atoms with Gasteiger partial charge in [-0.05, 0) is 67.2 Å². The van der Waals surface area contributed by atoms with Crippen LogP contribution in [-0.4, -0.2) is 36.0 Å². The number of Topliss-reactive ketones (excluding diaryl/α,β-unsaturated/α-hetero) is 3. The number of aromatic nitrogens is 1. The minimum atomic E-state index is -3.34. The Hall–Kier alpha value is -2.45. The predicted octanol–water partition coefficient (Wildman–Crippen LogP) is 4.72. The van der Waals surface area contributed by atoms with E-state index in [2.05, 4.69) is 4.98 Å². The molecule has 2 aromatic rings. The lowest BCUT2D eigenvalue weighted by Gasteiger charge is -2.15. The van der Waals surface area contributed by atoms with E-state index >= 15 is 0 Å². The van der Waals surface area contributed by atoms with E-state index in [1.807, 2.05) is 12.1 Å². The molecule has 3 saturated carbocycles. The highest BCUT2D eigenvalue weighted by molar-refractivity contribution is 7.92. The molecule has 178 valence electrons. The molecule has 0 spiro atoms. The molecular formula is C26H27NO5S2. The molecule has 0 saturated heterocycles. The highest BCUT2D eigenvalue weighted by Crippen LogP contribution is 2.46. The number of sulfone groups is 1. The Labute approximate surface area is 203 Å². The summed E-state index contributed by atoms with van der Waals surface area (Å²) in [5.41, 5.74) is 2.03. The summed E-state index contributed by atoms with van der Waals surface area (Å²) in [7, 11) is -3.34. The summed E-state index contributed by atoms with van der Waals surface area (Å²) >= 11 is 1.22. The van der Waals surface area contributed by atoms with Crippen LogP contribution in [0, 0.1) is 5.92 Å². The van der Waals surface area contributed by atoms with Crippen LogP contribution in [0.4, 0.5) is 0 Å². The minimum absolute atomic E-state index is 0.00484. The first kappa shape index (κ1) is 23.3. The number of ketones is 3. The lowest BCUT2D eigenvalue weighted by atomic mass is 9.92. The molecule has 0 aliphatic heterocycles. The van der Waals surface area contributed by atoms with Gasteiger partial charge in [0.15, 0.2) is 21.4 Å². The zero-order valence-electron chi connectivity index (χ0n) is 19.1. The first-order valence-electron chi connectivity index (χ1n) is 11.8. The molecular weight excluding hydrogens is 470 g/mol. The molecule has 0 N–H and O–H groups in total. The van der Waals surface area contributed by atoms with Crippen molar-refractivity contribution >= 4 is 44.1 Å². The number of allylic oxidation sites excluding steroid dienone is 2. The van der Waals surface area contributed by atoms with Crippen molar-refractivity contribution in [3.05, 3.63) is 51.5 Å². The van der Waals surface area contributed by atoms with Crippen molar-refractivity contribution < 1.29 is 22.8 Å². The minimum Gasteiger partial charge on any atom is -0.300 e. The fraction of sp³-hybridized carbons (Fsp3) is 0.462. The Bertz CT molecular complexity index is 1310. The number of rotatable bonds is 9. The predicted molar refractivity (Wildman–Crippen MR) is 130 cm³/mol. The maximum atomic E-state index is 13.5. The van der Waals surface area contributed by atoms with Gasteiger partial charge in [-0.1, -0.05) is 12.1 Å². The summed E-state index contributed by atoms with van der Waals surface area (Å²) in [6, 6.07) is 5.30. The van der Waals surface area contributed by atoms with Crippen molar-refractivity contribution in [3.8, 4) is 0 Å². The number of benzene rings is 1. The number of hydrogen-bond acceptors (Lipinski definition) is 7. The summed E-state index contributed by atoms with van der Waals surface area (Å²) in [5.74, 6) is 0.185. The molecule has 5 rings (SSSR count). The van der Waals surface area contributed by atoms with Gasteiger partial charge in [0.1, 0.15) is 10.8 Å². The van der Waals surface area contributed by atoms with Gasteiger partial charge in [0, 0.05) is 31.5 Å². The topological polar surface area (TPSA) is 98.2 Å². The van der Waals surface area contributed by atoms with Gasteiger partial charge in [-0.15, -0.1) is 11.3 Å². The third-order valence-electron chi connectivity index (χ3n) is 6.81. The fourth-order valence-electron chi connectivity index (χ4n) is 4.60. The average Bonchev–Trinajstić information content (AvgIpc) is 3.72. The quantitative estimate of drug-likeness (QED) is 0.367. The molecule has 1 aromatic carbocycles. The third-order valence-corrected chi connectivity index (χ3v) is 10.2. The van der Waals surface area contributed by atoms with Crippen LogP contribution in [0.25, 0.3) is 5.57 Å². The Kier molecular flexibility index (Phi) is 6.14. The van der Waals surface area contributed by atoms with Crippen molar-refractivity contribution in [1.82, 2.24) is 4.98 Å². The first-order valence-corrected chi connectivity index (χ1v) is 14.2. The van der Waals surface area contributed by atoms with E-state index in [4.69, 9.17) is 0 Å². The number of carbonyl (C=O) groups excluding carboxylic acids is 3. The SMILES string of the molecule is CC(=O)c1cnc(CC(=O)/C(=C/[C@H]2CCC(=O)C2)c2ccc(S(=O)(=O)C3CC3)c(C3CC3)c2)s1. The second kappa shape index (κ2) is 8.96. The molecule has 0 unspecified atom stereocenters. The molecule has 6 nitrogen and oxygen atoms in total. The normalized spacial score (nSPS) is 21.1. The number of hydrogen-bond donors (Lipinski definition) is 0. The maximum absolute atomic E-state index is 13.5. The third kappa shape index (κ3) is 4.84. The Morgan fingerprint density at radius 2 is 1.91 bits per heavy atom. The highest BCUT2D eigenvalue weighted by atomic mass is 32.2. The van der Waals surface area contributed by atoms with Crippen LogP contribution in [0.3, 0.4) is 0 Å². The van der Waals surface area contributed by atoms with Gasteiger partial charge in [0.05, 0.1) is 21.4 Å². The lowest BCUT2D eigenvalue weighted by Crippen LogP contribution is -2.12. The van der Waals surface area contributed by atoms with Crippen LogP contribution >= 0.6 is 11.3 Å². The van der Waals surface area contributed by atoms with E-state index in [9.17, 15) is 22.8 Å². The van der Waals surface area contributed by atoms with Crippen molar-refractivity contribution in [2.75, 3.05) is 0 Å². The molecule has 8 heteroatoms. The van der Waals surface area contributed by atoms with Crippen molar-refractivity contribution in [1.29, 1.82) is 0 Å². The average molecular weight is 498 g/mol. The van der Waals surface area contributed by atoms with Gasteiger partial charge < -0.3 is 0 Å². The van der Waals surface area contributed by atoms with Crippen LogP contribution in [0.1, 0.15) is 83.6 Å². The maximum Gasteiger partial charge on any atom is 0.181 e. The molecule has 3 fully saturated rings. The Morgan fingerprint density at radius 3 is 2.50 bits per heavy atom. The Balaban J connectivity index is 1.51. The molecule has 3 aliphatic rings. The van der Waals surface area contributed by atoms with Crippen LogP contribution in [-0.2, 0) is 25.8 Å². The van der Waals surface area contributed by atoms with Gasteiger partial charge in [-0.25, -0.2) is 13.4 Å². The van der Waals surface area contributed by atoms with E-state index < -0.39 is 9.84 Å². The van der Waals surface area contributed by atoms with Crippen molar-refractivity contribution in [3.63, 3.8) is 0 Å². The van der Waals surface area contributed by atoms with Gasteiger partial charge in [-0.3, -0.25) is 14.4 Å². The van der Waals surface area contributed by atoms with Crippen molar-refractivity contribution in [2.24, 2.45) is 5.92 Å². The van der Waals surface area contributed by atoms with E-state index in [0.717, 1.165) is 18.4 Å². The molecule has 0 amide bonds. The Morgan fingerprint density at radius 1 is 1.15 bits per heavy atom. The second-order valence-corrected chi connectivity index (χ2v) is 13.0. The summed E-state index contributed by atoms with van der Waals surface area (Å²) < 4.78 is 26.0. The molecule has 0 bridgehead atoms. The van der Waals surface area contributed by atoms with E-state index in [1.165, 1.54) is 24.5 Å². The summed E-state index contributed by atoms with van der Waals surface area (Å²) in [6.45, 7) is 1.47. The fourth-order valence-corrected chi connectivity index (χ4v) is 7.34. The van der Waals surface area contributed by atoms with E-state index in [0.29, 0.717) is 58.0 Å². The second-order valence-electron chi connectivity index (χ2n) is 9.67. The van der Waals surface area contributed by atoms with E-state index in [1.54, 1.807) is 12.1 Å². The number of nitrogens with zero attached hydrogens (tertiary/aromatic N) is 1. The van der Waals surface area contributed by atoms with Crippen molar-refractivity contribution in [2.45, 2.75) is 74.4 Å². The van der Waals surface area contributed by atoms with E-state index in [-0.39, 0.29) is 40.9 Å². The molecule has 1 heterocycles. The van der Waals surface area contributed by atoms with Crippen LogP contribution in [0.15, 0.2) is 35.4 Å². The van der Waals surface area contributed by atoms with Gasteiger partial charge in [0.25, 0.3) is 0 Å². The zero-order chi connectivity index (χ0) is 24.0. The van der Waals surface area contributed by atoms with Crippen LogP contribution in [0.5, 0.6) is 0 Å². The van der Waals surface area contributed by atoms with Gasteiger partial charge in [0.2, 0.25) is 0 Å². The molecule has 1 aromatic heterocycles. The number of thiazole rings is 1. The van der Waals surface area contributed by atoms with Crippen LogP contribution < -0.4 is 0 Å². The summed E-state index contributed by atoms with van der Waals surface area (Å²) in [4.78, 5) is 42.1. The van der Waals surface area contributed by atoms with Crippen LogP contribution in [0.2, 0.25) is 0 Å². The smallest absolute Gasteiger partial charge is 0.181 e. The molecule has 3 aliphatic carbocycles. The molecule has 34 heavy (non-hydrogen) atoms. The lowest BCUT2D eigenvalue weighted by molar-refractivity contribution is -0.117. The molecule has 1 atom stereocenters. The monoisotopic (exact) mass is 497 g/mol. The summed E-state index contributed by atoms with van der Waals surface area (Å²) in [5, 5.41) is 0.288. The number of carbonyl (C=O) groups is 3. The largest absolute Gasteiger partial charge is 0.300 e. The zero-order valence-corrected chi connectivity index (χ0v) is 20.7. The van der Waals surface area contributed by atoms with Gasteiger partial charge >= 0.3 is 0 Å². The standard InChI is InChI=1S/C26H27NO5S2/c1-15(28)24-14-27-26(33-24)13-23(30)21(11-16-2-6-19(29)10-16)18-5-9-25(22(12-18)17-3-4-17)34(31,32)20-7-8-20/h5,9,11-12,14,16-17,20H,2-4,6-8,10,13H2,1H3/b21-11+/t16-/m0/s1. The highest BCUT2D eigenvalue weighted by Gasteiger charge is 2.40. The molecule has 0 radical (unpaired) electrons. The summed E-state index contributed by atoms with van der Waals surface area (Å²) in [6.07, 6.45) is 8.44. The van der Waals surface area contributed by atoms with Gasteiger partial charge in [-0.2, -0.15) is 0 Å². The first-order chi connectivity index (χ1) is 16.2.